The molecule has 0 saturated carbocycles. The van der Waals surface area contributed by atoms with E-state index in [1.54, 1.807) is 31.0 Å². The number of carbonyl (C=O) groups is 1. The van der Waals surface area contributed by atoms with Crippen LogP contribution in [0.1, 0.15) is 38.7 Å². The summed E-state index contributed by atoms with van der Waals surface area (Å²) in [5.74, 6) is 1.29. The fraction of sp³-hybridized carbons (Fsp3) is 0.650. The Bertz CT molecular complexity index is 607. The molecule has 152 valence electrons. The number of nitrogens with zero attached hydrogens (tertiary/aromatic N) is 1. The van der Waals surface area contributed by atoms with E-state index >= 15 is 0 Å². The Hall–Kier alpha value is -1.89. The summed E-state index contributed by atoms with van der Waals surface area (Å²) in [6.45, 7) is 3.79. The van der Waals surface area contributed by atoms with Crippen molar-refractivity contribution in [3.8, 4) is 11.5 Å². The third-order valence-electron chi connectivity index (χ3n) is 5.05. The lowest BCUT2D eigenvalue weighted by Crippen LogP contribution is -2.34. The van der Waals surface area contributed by atoms with Crippen molar-refractivity contribution >= 4 is 5.91 Å². The van der Waals surface area contributed by atoms with Crippen LogP contribution >= 0.6 is 0 Å². The third-order valence-corrected chi connectivity index (χ3v) is 5.05. The predicted molar refractivity (Wildman–Crippen MR) is 100 cm³/mol. The zero-order valence-corrected chi connectivity index (χ0v) is 16.3. The minimum absolute atomic E-state index is 0.00381. The Kier molecular flexibility index (Phi) is 8.28. The van der Waals surface area contributed by atoms with E-state index in [0.29, 0.717) is 31.4 Å². The predicted octanol–water partition coefficient (Wildman–Crippen LogP) is 3.67. The van der Waals surface area contributed by atoms with Gasteiger partial charge in [0.15, 0.2) is 11.5 Å². The molecular formula is C20H30F2N2O3. The lowest BCUT2D eigenvalue weighted by Gasteiger charge is -2.29. The molecule has 1 saturated heterocycles. The van der Waals surface area contributed by atoms with Crippen LogP contribution in [0.25, 0.3) is 0 Å². The first-order valence-corrected chi connectivity index (χ1v) is 9.56. The molecule has 1 aromatic rings. The molecule has 0 aliphatic carbocycles. The number of alkyl halides is 2. The maximum Gasteiger partial charge on any atom is 0.387 e. The van der Waals surface area contributed by atoms with Gasteiger partial charge < -0.3 is 19.7 Å². The van der Waals surface area contributed by atoms with Crippen molar-refractivity contribution in [1.29, 1.82) is 0 Å². The van der Waals surface area contributed by atoms with Crippen LogP contribution in [0.4, 0.5) is 8.78 Å². The molecule has 0 aromatic heterocycles. The summed E-state index contributed by atoms with van der Waals surface area (Å²) in [5.41, 5.74) is 0.811. The Morgan fingerprint density at radius 3 is 2.63 bits per heavy atom. The summed E-state index contributed by atoms with van der Waals surface area (Å²) in [5, 5.41) is 3.35. The molecule has 2 rings (SSSR count). The summed E-state index contributed by atoms with van der Waals surface area (Å²) in [6, 6.07) is 4.80. The molecule has 1 aliphatic heterocycles. The maximum absolute atomic E-state index is 12.6. The molecule has 27 heavy (non-hydrogen) atoms. The highest BCUT2D eigenvalue weighted by Gasteiger charge is 2.23. The number of hydrogen-bond acceptors (Lipinski definition) is 4. The quantitative estimate of drug-likeness (QED) is 0.706. The minimum Gasteiger partial charge on any atom is -0.490 e. The number of ether oxygens (including phenoxy) is 2. The van der Waals surface area contributed by atoms with Gasteiger partial charge in [-0.25, -0.2) is 0 Å². The van der Waals surface area contributed by atoms with Crippen molar-refractivity contribution in [2.24, 2.45) is 11.8 Å². The Balaban J connectivity index is 1.95. The number of carbonyl (C=O) groups excluding carboxylic acids is 1. The van der Waals surface area contributed by atoms with Gasteiger partial charge in [-0.05, 0) is 62.4 Å². The van der Waals surface area contributed by atoms with E-state index < -0.39 is 6.61 Å². The number of rotatable bonds is 9. The molecular weight excluding hydrogens is 354 g/mol. The zero-order chi connectivity index (χ0) is 19.8. The van der Waals surface area contributed by atoms with Gasteiger partial charge in [0, 0.05) is 20.0 Å². The molecule has 1 fully saturated rings. The van der Waals surface area contributed by atoms with Crippen molar-refractivity contribution in [3.63, 3.8) is 0 Å². The van der Waals surface area contributed by atoms with Crippen LogP contribution in [-0.2, 0) is 11.3 Å². The van der Waals surface area contributed by atoms with Gasteiger partial charge in [0.25, 0.3) is 0 Å². The summed E-state index contributed by atoms with van der Waals surface area (Å²) in [4.78, 5) is 14.3. The standard InChI is InChI=1S/C20H30F2N2O3/c1-4-26-18-12-15(5-6-17(18)27-20(21)22)13-24(3)19(25)11-14(2)16-7-9-23-10-8-16/h5-6,12,14,16,20,23H,4,7-11,13H2,1-3H3. The molecule has 1 aliphatic rings. The van der Waals surface area contributed by atoms with Gasteiger partial charge in [0.2, 0.25) is 5.91 Å². The molecule has 0 radical (unpaired) electrons. The van der Waals surface area contributed by atoms with E-state index in [2.05, 4.69) is 17.0 Å². The van der Waals surface area contributed by atoms with Crippen LogP contribution in [-0.4, -0.2) is 44.2 Å². The van der Waals surface area contributed by atoms with Crippen LogP contribution in [0, 0.1) is 11.8 Å². The van der Waals surface area contributed by atoms with Gasteiger partial charge in [0.1, 0.15) is 0 Å². The van der Waals surface area contributed by atoms with Crippen molar-refractivity contribution < 1.29 is 23.0 Å². The van der Waals surface area contributed by atoms with Crippen LogP contribution < -0.4 is 14.8 Å². The highest BCUT2D eigenvalue weighted by atomic mass is 19.3. The first kappa shape index (κ1) is 21.4. The second-order valence-electron chi connectivity index (χ2n) is 7.11. The van der Waals surface area contributed by atoms with Gasteiger partial charge in [0.05, 0.1) is 6.61 Å². The molecule has 1 unspecified atom stereocenters. The first-order valence-electron chi connectivity index (χ1n) is 9.56. The van der Waals surface area contributed by atoms with Crippen LogP contribution in [0.2, 0.25) is 0 Å². The third kappa shape index (κ3) is 6.65. The molecule has 1 N–H and O–H groups in total. The Morgan fingerprint density at radius 2 is 2.00 bits per heavy atom. The SMILES string of the molecule is CCOc1cc(CN(C)C(=O)CC(C)C2CCNCC2)ccc1OC(F)F. The highest BCUT2D eigenvalue weighted by Crippen LogP contribution is 2.30. The second-order valence-corrected chi connectivity index (χ2v) is 7.11. The summed E-state index contributed by atoms with van der Waals surface area (Å²) in [6.07, 6.45) is 2.75. The fourth-order valence-electron chi connectivity index (χ4n) is 3.49. The summed E-state index contributed by atoms with van der Waals surface area (Å²) < 4.78 is 34.9. The topological polar surface area (TPSA) is 50.8 Å². The summed E-state index contributed by atoms with van der Waals surface area (Å²) in [7, 11) is 1.77. The monoisotopic (exact) mass is 384 g/mol. The lowest BCUT2D eigenvalue weighted by molar-refractivity contribution is -0.131. The highest BCUT2D eigenvalue weighted by molar-refractivity contribution is 5.76. The van der Waals surface area contributed by atoms with E-state index in [0.717, 1.165) is 31.5 Å². The number of halogens is 2. The zero-order valence-electron chi connectivity index (χ0n) is 16.3. The number of hydrogen-bond donors (Lipinski definition) is 1. The molecule has 0 bridgehead atoms. The Labute approximate surface area is 160 Å². The van der Waals surface area contributed by atoms with Gasteiger partial charge >= 0.3 is 6.61 Å². The van der Waals surface area contributed by atoms with Crippen LogP contribution in [0.5, 0.6) is 11.5 Å². The average molecular weight is 384 g/mol. The molecule has 0 spiro atoms. The molecule has 7 heteroatoms. The Morgan fingerprint density at radius 1 is 1.30 bits per heavy atom. The number of benzene rings is 1. The van der Waals surface area contributed by atoms with Gasteiger partial charge in [-0.15, -0.1) is 0 Å². The van der Waals surface area contributed by atoms with Gasteiger partial charge in [-0.2, -0.15) is 8.78 Å². The lowest BCUT2D eigenvalue weighted by atomic mass is 9.84. The van der Waals surface area contributed by atoms with Crippen molar-refractivity contribution in [3.05, 3.63) is 23.8 Å². The minimum atomic E-state index is -2.91. The molecule has 1 heterocycles. The fourth-order valence-corrected chi connectivity index (χ4v) is 3.49. The molecule has 5 nitrogen and oxygen atoms in total. The van der Waals surface area contributed by atoms with Crippen molar-refractivity contribution in [2.45, 2.75) is 46.3 Å². The number of nitrogens with one attached hydrogen (secondary N) is 1. The van der Waals surface area contributed by atoms with E-state index in [1.807, 2.05) is 0 Å². The first-order chi connectivity index (χ1) is 12.9. The van der Waals surface area contributed by atoms with E-state index in [9.17, 15) is 13.6 Å². The van der Waals surface area contributed by atoms with E-state index in [1.165, 1.54) is 6.07 Å². The molecule has 1 amide bonds. The largest absolute Gasteiger partial charge is 0.490 e. The van der Waals surface area contributed by atoms with Gasteiger partial charge in [-0.1, -0.05) is 13.0 Å². The average Bonchev–Trinajstić information content (AvgIpc) is 2.64. The van der Waals surface area contributed by atoms with Crippen LogP contribution in [0.3, 0.4) is 0 Å². The molecule has 1 atom stereocenters. The second kappa shape index (κ2) is 10.4. The van der Waals surface area contributed by atoms with Crippen LogP contribution in [0.15, 0.2) is 18.2 Å². The van der Waals surface area contributed by atoms with Gasteiger partial charge in [-0.3, -0.25) is 4.79 Å². The molecule has 1 aromatic carbocycles. The van der Waals surface area contributed by atoms with Crippen molar-refractivity contribution in [2.75, 3.05) is 26.7 Å². The summed E-state index contributed by atoms with van der Waals surface area (Å²) >= 11 is 0. The van der Waals surface area contributed by atoms with E-state index in [-0.39, 0.29) is 17.4 Å². The smallest absolute Gasteiger partial charge is 0.387 e. The van der Waals surface area contributed by atoms with E-state index in [4.69, 9.17) is 4.74 Å². The maximum atomic E-state index is 12.6. The number of piperidine rings is 1. The van der Waals surface area contributed by atoms with Crippen molar-refractivity contribution in [1.82, 2.24) is 10.2 Å². The normalized spacial score (nSPS) is 16.2. The number of amides is 1.